The molecule has 0 saturated heterocycles. The summed E-state index contributed by atoms with van der Waals surface area (Å²) in [4.78, 5) is 32.6. The Morgan fingerprint density at radius 1 is 1.23 bits per heavy atom. The number of hydrogen-bond acceptors (Lipinski definition) is 6. The van der Waals surface area contributed by atoms with E-state index in [0.717, 1.165) is 11.3 Å². The molecule has 2 aromatic heterocycles. The number of nitrogens with one attached hydrogen (secondary N) is 1. The summed E-state index contributed by atoms with van der Waals surface area (Å²) >= 11 is 4.54. The van der Waals surface area contributed by atoms with Gasteiger partial charge in [-0.1, -0.05) is 30.3 Å². The number of anilines is 1. The zero-order valence-corrected chi connectivity index (χ0v) is 16.1. The Labute approximate surface area is 162 Å². The predicted octanol–water partition coefficient (Wildman–Crippen LogP) is 4.15. The van der Waals surface area contributed by atoms with Crippen molar-refractivity contribution >= 4 is 44.3 Å². The molecule has 0 radical (unpaired) electrons. The minimum Gasteiger partial charge on any atom is -0.449 e. The molecule has 1 N–H and O–H groups in total. The second-order valence-electron chi connectivity index (χ2n) is 5.33. The van der Waals surface area contributed by atoms with E-state index in [0.29, 0.717) is 9.60 Å². The number of carbonyl (C=O) groups excluding carboxylic acids is 2. The van der Waals surface area contributed by atoms with Crippen LogP contribution in [0.4, 0.5) is 5.13 Å². The SMILES string of the molecule is C[C@@H](OC(=O)c1cncc(Br)c1)C(=O)Nc1nc(-c2ccccc2)cs1. The van der Waals surface area contributed by atoms with Gasteiger partial charge < -0.3 is 4.74 Å². The molecule has 8 heteroatoms. The number of hydrogen-bond donors (Lipinski definition) is 1. The molecule has 0 saturated carbocycles. The Kier molecular flexibility index (Phi) is 5.75. The number of rotatable bonds is 5. The maximum atomic E-state index is 12.2. The van der Waals surface area contributed by atoms with E-state index in [1.807, 2.05) is 35.7 Å². The van der Waals surface area contributed by atoms with Crippen molar-refractivity contribution in [3.8, 4) is 11.3 Å². The van der Waals surface area contributed by atoms with E-state index < -0.39 is 18.0 Å². The van der Waals surface area contributed by atoms with Gasteiger partial charge in [-0.25, -0.2) is 9.78 Å². The molecule has 1 aromatic carbocycles. The number of nitrogens with zero attached hydrogens (tertiary/aromatic N) is 2. The van der Waals surface area contributed by atoms with Gasteiger partial charge in [-0.15, -0.1) is 11.3 Å². The van der Waals surface area contributed by atoms with Crippen molar-refractivity contribution in [1.29, 1.82) is 0 Å². The van der Waals surface area contributed by atoms with E-state index in [-0.39, 0.29) is 5.56 Å². The summed E-state index contributed by atoms with van der Waals surface area (Å²) in [6, 6.07) is 11.2. The van der Waals surface area contributed by atoms with Crippen molar-refractivity contribution in [2.24, 2.45) is 0 Å². The number of thiazole rings is 1. The number of carbonyl (C=O) groups is 2. The lowest BCUT2D eigenvalue weighted by atomic mass is 10.2. The highest BCUT2D eigenvalue weighted by atomic mass is 79.9. The normalized spacial score (nSPS) is 11.6. The molecule has 0 unspecified atom stereocenters. The highest BCUT2D eigenvalue weighted by Crippen LogP contribution is 2.24. The fourth-order valence-electron chi connectivity index (χ4n) is 2.09. The zero-order valence-electron chi connectivity index (χ0n) is 13.7. The minimum absolute atomic E-state index is 0.264. The summed E-state index contributed by atoms with van der Waals surface area (Å²) in [5.41, 5.74) is 2.00. The summed E-state index contributed by atoms with van der Waals surface area (Å²) in [6.07, 6.45) is 1.97. The van der Waals surface area contributed by atoms with Crippen LogP contribution in [0.1, 0.15) is 17.3 Å². The third-order valence-corrected chi connectivity index (χ3v) is 4.59. The molecule has 2 heterocycles. The Balaban J connectivity index is 1.61. The Morgan fingerprint density at radius 2 is 2.00 bits per heavy atom. The number of pyridine rings is 1. The summed E-state index contributed by atoms with van der Waals surface area (Å²) < 4.78 is 5.83. The molecule has 0 aliphatic rings. The van der Waals surface area contributed by atoms with Gasteiger partial charge in [0.1, 0.15) is 0 Å². The van der Waals surface area contributed by atoms with E-state index in [9.17, 15) is 9.59 Å². The summed E-state index contributed by atoms with van der Waals surface area (Å²) in [5, 5.41) is 4.97. The van der Waals surface area contributed by atoms with Crippen LogP contribution in [0.2, 0.25) is 0 Å². The van der Waals surface area contributed by atoms with Crippen LogP contribution in [-0.4, -0.2) is 27.9 Å². The molecule has 6 nitrogen and oxygen atoms in total. The van der Waals surface area contributed by atoms with E-state index in [2.05, 4.69) is 31.2 Å². The predicted molar refractivity (Wildman–Crippen MR) is 103 cm³/mol. The van der Waals surface area contributed by atoms with Crippen LogP contribution in [0.5, 0.6) is 0 Å². The van der Waals surface area contributed by atoms with Crippen molar-refractivity contribution < 1.29 is 14.3 Å². The molecule has 0 aliphatic carbocycles. The fraction of sp³-hybridized carbons (Fsp3) is 0.111. The molecule has 132 valence electrons. The van der Waals surface area contributed by atoms with Crippen LogP contribution in [0, 0.1) is 0 Å². The fourth-order valence-corrected chi connectivity index (χ4v) is 3.17. The lowest BCUT2D eigenvalue weighted by molar-refractivity contribution is -0.123. The van der Waals surface area contributed by atoms with Gasteiger partial charge in [-0.2, -0.15) is 0 Å². The topological polar surface area (TPSA) is 81.2 Å². The molecule has 3 aromatic rings. The summed E-state index contributed by atoms with van der Waals surface area (Å²) in [5.74, 6) is -1.07. The quantitative estimate of drug-likeness (QED) is 0.613. The number of benzene rings is 1. The standard InChI is InChI=1S/C18H14BrN3O3S/c1-11(25-17(24)13-7-14(19)9-20-8-13)16(23)22-18-21-15(10-26-18)12-5-3-2-4-6-12/h2-11H,1H3,(H,21,22,23)/t11-/m1/s1. The molecular formula is C18H14BrN3O3S. The Morgan fingerprint density at radius 3 is 2.73 bits per heavy atom. The van der Waals surface area contributed by atoms with Gasteiger partial charge in [0, 0.05) is 27.8 Å². The molecule has 0 fully saturated rings. The van der Waals surface area contributed by atoms with E-state index in [4.69, 9.17) is 4.74 Å². The van der Waals surface area contributed by atoms with Crippen LogP contribution in [0.3, 0.4) is 0 Å². The highest BCUT2D eigenvalue weighted by Gasteiger charge is 2.20. The molecule has 3 rings (SSSR count). The first-order chi connectivity index (χ1) is 12.5. The van der Waals surface area contributed by atoms with Gasteiger partial charge in [0.2, 0.25) is 0 Å². The second-order valence-corrected chi connectivity index (χ2v) is 7.11. The van der Waals surface area contributed by atoms with Crippen LogP contribution in [-0.2, 0) is 9.53 Å². The number of esters is 1. The Hall–Kier alpha value is -2.58. The maximum absolute atomic E-state index is 12.2. The van der Waals surface area contributed by atoms with Gasteiger partial charge >= 0.3 is 5.97 Å². The van der Waals surface area contributed by atoms with E-state index in [1.165, 1.54) is 24.5 Å². The molecular weight excluding hydrogens is 418 g/mol. The average Bonchev–Trinajstić information content (AvgIpc) is 3.11. The van der Waals surface area contributed by atoms with Crippen LogP contribution in [0.25, 0.3) is 11.3 Å². The molecule has 26 heavy (non-hydrogen) atoms. The van der Waals surface area contributed by atoms with E-state index >= 15 is 0 Å². The maximum Gasteiger partial charge on any atom is 0.340 e. The monoisotopic (exact) mass is 431 g/mol. The smallest absolute Gasteiger partial charge is 0.340 e. The average molecular weight is 432 g/mol. The summed E-state index contributed by atoms with van der Waals surface area (Å²) in [7, 11) is 0. The third kappa shape index (κ3) is 4.53. The number of ether oxygens (including phenoxy) is 1. The lowest BCUT2D eigenvalue weighted by Crippen LogP contribution is -2.30. The van der Waals surface area contributed by atoms with Gasteiger partial charge in [0.25, 0.3) is 5.91 Å². The van der Waals surface area contributed by atoms with Crippen LogP contribution < -0.4 is 5.32 Å². The first-order valence-electron chi connectivity index (χ1n) is 7.66. The molecule has 0 bridgehead atoms. The molecule has 0 spiro atoms. The molecule has 0 aliphatic heterocycles. The lowest BCUT2D eigenvalue weighted by Gasteiger charge is -2.12. The minimum atomic E-state index is -0.967. The van der Waals surface area contributed by atoms with Crippen molar-refractivity contribution in [2.45, 2.75) is 13.0 Å². The second kappa shape index (κ2) is 8.20. The van der Waals surface area contributed by atoms with Crippen LogP contribution in [0.15, 0.2) is 58.6 Å². The van der Waals surface area contributed by atoms with Gasteiger partial charge in [0.05, 0.1) is 11.3 Å². The van der Waals surface area contributed by atoms with Crippen molar-refractivity contribution in [2.75, 3.05) is 5.32 Å². The number of aromatic nitrogens is 2. The first kappa shape index (κ1) is 18.2. The highest BCUT2D eigenvalue weighted by molar-refractivity contribution is 9.10. The van der Waals surface area contributed by atoms with Crippen molar-refractivity contribution in [1.82, 2.24) is 9.97 Å². The van der Waals surface area contributed by atoms with Gasteiger partial charge in [0.15, 0.2) is 11.2 Å². The van der Waals surface area contributed by atoms with Crippen molar-refractivity contribution in [3.63, 3.8) is 0 Å². The van der Waals surface area contributed by atoms with E-state index in [1.54, 1.807) is 12.3 Å². The van der Waals surface area contributed by atoms with Gasteiger partial charge in [-0.3, -0.25) is 15.1 Å². The number of amides is 1. The molecule has 1 amide bonds. The molecule has 1 atom stereocenters. The van der Waals surface area contributed by atoms with Crippen LogP contribution >= 0.6 is 27.3 Å². The Bertz CT molecular complexity index is 930. The zero-order chi connectivity index (χ0) is 18.5. The van der Waals surface area contributed by atoms with Gasteiger partial charge in [-0.05, 0) is 28.9 Å². The number of halogens is 1. The largest absolute Gasteiger partial charge is 0.449 e. The first-order valence-corrected chi connectivity index (χ1v) is 9.33. The summed E-state index contributed by atoms with van der Waals surface area (Å²) in [6.45, 7) is 1.50. The van der Waals surface area contributed by atoms with Crippen molar-refractivity contribution in [3.05, 3.63) is 64.2 Å². The third-order valence-electron chi connectivity index (χ3n) is 3.40.